The van der Waals surface area contributed by atoms with Gasteiger partial charge in [-0.15, -0.1) is 0 Å². The molecule has 1 fully saturated rings. The van der Waals surface area contributed by atoms with E-state index >= 15 is 0 Å². The zero-order valence-corrected chi connectivity index (χ0v) is 16.4. The van der Waals surface area contributed by atoms with Crippen molar-refractivity contribution in [1.29, 1.82) is 0 Å². The fourth-order valence-electron chi connectivity index (χ4n) is 4.32. The van der Waals surface area contributed by atoms with Gasteiger partial charge in [0.2, 0.25) is 5.91 Å². The molecule has 2 aromatic carbocycles. The molecule has 0 saturated heterocycles. The van der Waals surface area contributed by atoms with Gasteiger partial charge in [0.25, 0.3) is 0 Å². The summed E-state index contributed by atoms with van der Waals surface area (Å²) >= 11 is 0. The van der Waals surface area contributed by atoms with Crippen LogP contribution in [0.1, 0.15) is 34.6 Å². The lowest BCUT2D eigenvalue weighted by Crippen LogP contribution is -2.25. The molecule has 2 atom stereocenters. The van der Waals surface area contributed by atoms with Gasteiger partial charge in [0, 0.05) is 43.6 Å². The van der Waals surface area contributed by atoms with Crippen LogP contribution in [0, 0.1) is 5.92 Å². The van der Waals surface area contributed by atoms with Crippen molar-refractivity contribution in [1.82, 2.24) is 10.3 Å². The summed E-state index contributed by atoms with van der Waals surface area (Å²) in [6, 6.07) is 21.3. The van der Waals surface area contributed by atoms with Crippen molar-refractivity contribution in [3.63, 3.8) is 0 Å². The third-order valence-corrected chi connectivity index (χ3v) is 6.09. The summed E-state index contributed by atoms with van der Waals surface area (Å²) in [5.74, 6) is 0.569. The lowest BCUT2D eigenvalue weighted by Gasteiger charge is -2.19. The second-order valence-electron chi connectivity index (χ2n) is 8.07. The van der Waals surface area contributed by atoms with E-state index in [0.29, 0.717) is 12.5 Å². The van der Waals surface area contributed by atoms with Crippen LogP contribution < -0.4 is 10.2 Å². The molecule has 3 aromatic rings. The molecule has 1 N–H and O–H groups in total. The number of para-hydroxylation sites is 1. The van der Waals surface area contributed by atoms with Crippen molar-refractivity contribution in [3.8, 4) is 0 Å². The third-order valence-electron chi connectivity index (χ3n) is 6.09. The maximum absolute atomic E-state index is 12.4. The Bertz CT molecular complexity index is 1000. The van der Waals surface area contributed by atoms with E-state index < -0.39 is 0 Å². The third kappa shape index (κ3) is 3.88. The second-order valence-corrected chi connectivity index (χ2v) is 8.07. The average Bonchev–Trinajstić information content (AvgIpc) is 3.49. The predicted octanol–water partition coefficient (Wildman–Crippen LogP) is 4.06. The van der Waals surface area contributed by atoms with Gasteiger partial charge in [-0.25, -0.2) is 0 Å². The van der Waals surface area contributed by atoms with E-state index in [4.69, 9.17) is 0 Å². The number of nitrogens with zero attached hydrogens (tertiary/aromatic N) is 2. The second kappa shape index (κ2) is 7.70. The molecule has 4 nitrogen and oxygen atoms in total. The van der Waals surface area contributed by atoms with Crippen molar-refractivity contribution in [2.24, 2.45) is 5.92 Å². The van der Waals surface area contributed by atoms with Gasteiger partial charge in [0.15, 0.2) is 0 Å². The quantitative estimate of drug-likeness (QED) is 0.698. The largest absolute Gasteiger partial charge is 0.367 e. The highest BCUT2D eigenvalue weighted by Gasteiger charge is 2.43. The highest BCUT2D eigenvalue weighted by molar-refractivity contribution is 5.82. The van der Waals surface area contributed by atoms with Crippen LogP contribution in [0.4, 0.5) is 5.69 Å². The fraction of sp³-hybridized carbons (Fsp3) is 0.280. The first-order valence-electron chi connectivity index (χ1n) is 10.4. The Hall–Kier alpha value is -3.14. The minimum atomic E-state index is 0.0914. The molecule has 1 aliphatic carbocycles. The number of rotatable bonds is 6. The number of aromatic nitrogens is 1. The van der Waals surface area contributed by atoms with Crippen LogP contribution in [-0.2, 0) is 24.3 Å². The summed E-state index contributed by atoms with van der Waals surface area (Å²) in [6.45, 7) is 2.59. The number of hydrogen-bond donors (Lipinski definition) is 1. The van der Waals surface area contributed by atoms with E-state index in [1.165, 1.54) is 22.4 Å². The first kappa shape index (κ1) is 17.9. The Morgan fingerprint density at radius 3 is 2.69 bits per heavy atom. The Balaban J connectivity index is 1.13. The van der Waals surface area contributed by atoms with Crippen LogP contribution in [0.3, 0.4) is 0 Å². The van der Waals surface area contributed by atoms with Crippen LogP contribution in [0.2, 0.25) is 0 Å². The number of amides is 1. The lowest BCUT2D eigenvalue weighted by atomic mass is 10.1. The molecule has 1 saturated carbocycles. The normalized spacial score (nSPS) is 19.7. The minimum Gasteiger partial charge on any atom is -0.367 e. The summed E-state index contributed by atoms with van der Waals surface area (Å²) in [7, 11) is 0. The first-order chi connectivity index (χ1) is 14.3. The fourth-order valence-corrected chi connectivity index (χ4v) is 4.32. The molecule has 0 bridgehead atoms. The molecule has 0 unspecified atom stereocenters. The van der Waals surface area contributed by atoms with Crippen LogP contribution in [0.15, 0.2) is 73.1 Å². The highest BCUT2D eigenvalue weighted by atomic mass is 16.2. The van der Waals surface area contributed by atoms with Crippen molar-refractivity contribution in [2.75, 3.05) is 11.4 Å². The molecule has 2 heterocycles. The van der Waals surface area contributed by atoms with Crippen molar-refractivity contribution < 1.29 is 4.79 Å². The van der Waals surface area contributed by atoms with E-state index in [1.807, 2.05) is 12.3 Å². The van der Waals surface area contributed by atoms with Gasteiger partial charge in [0.05, 0.1) is 0 Å². The molecule has 2 aliphatic rings. The summed E-state index contributed by atoms with van der Waals surface area (Å²) in [6.07, 6.45) is 5.69. The maximum Gasteiger partial charge on any atom is 0.224 e. The van der Waals surface area contributed by atoms with Gasteiger partial charge in [-0.3, -0.25) is 9.78 Å². The van der Waals surface area contributed by atoms with Gasteiger partial charge < -0.3 is 10.2 Å². The highest BCUT2D eigenvalue weighted by Crippen LogP contribution is 2.47. The SMILES string of the molecule is O=C(NCc1ccc(CN2CCc3ccccc32)cc1)[C@H]1C[C@@H]1c1cccnc1. The summed E-state index contributed by atoms with van der Waals surface area (Å²) in [4.78, 5) is 19.0. The van der Waals surface area contributed by atoms with Gasteiger partial charge in [-0.05, 0) is 53.1 Å². The number of hydrogen-bond acceptors (Lipinski definition) is 3. The van der Waals surface area contributed by atoms with Crippen LogP contribution in [0.25, 0.3) is 0 Å². The van der Waals surface area contributed by atoms with Gasteiger partial charge in [0.1, 0.15) is 0 Å². The Kier molecular flexibility index (Phi) is 4.76. The number of anilines is 1. The minimum absolute atomic E-state index is 0.0914. The zero-order chi connectivity index (χ0) is 19.6. The smallest absolute Gasteiger partial charge is 0.224 e. The molecular weight excluding hydrogens is 358 g/mol. The molecule has 29 heavy (non-hydrogen) atoms. The average molecular weight is 383 g/mol. The number of carbonyl (C=O) groups is 1. The number of nitrogens with one attached hydrogen (secondary N) is 1. The van der Waals surface area contributed by atoms with E-state index in [2.05, 4.69) is 69.8 Å². The molecule has 5 rings (SSSR count). The van der Waals surface area contributed by atoms with Crippen molar-refractivity contribution in [3.05, 3.63) is 95.3 Å². The molecule has 1 amide bonds. The topological polar surface area (TPSA) is 45.2 Å². The lowest BCUT2D eigenvalue weighted by molar-refractivity contribution is -0.122. The molecule has 146 valence electrons. The van der Waals surface area contributed by atoms with Crippen molar-refractivity contribution >= 4 is 11.6 Å². The Morgan fingerprint density at radius 1 is 1.03 bits per heavy atom. The standard InChI is InChI=1S/C25H25N3O/c29-25(23-14-22(23)21-5-3-12-26-16-21)27-15-18-7-9-19(10-8-18)17-28-13-11-20-4-1-2-6-24(20)28/h1-10,12,16,22-23H,11,13-15,17H2,(H,27,29)/t22-,23+/m1/s1. The molecule has 1 aromatic heterocycles. The van der Waals surface area contributed by atoms with Crippen LogP contribution >= 0.6 is 0 Å². The molecular formula is C25H25N3O. The van der Waals surface area contributed by atoms with E-state index in [0.717, 1.165) is 31.5 Å². The van der Waals surface area contributed by atoms with Gasteiger partial charge in [-0.1, -0.05) is 48.5 Å². The molecule has 0 spiro atoms. The van der Waals surface area contributed by atoms with E-state index in [9.17, 15) is 4.79 Å². The first-order valence-corrected chi connectivity index (χ1v) is 10.4. The molecule has 0 radical (unpaired) electrons. The van der Waals surface area contributed by atoms with Gasteiger partial charge in [-0.2, -0.15) is 0 Å². The Morgan fingerprint density at radius 2 is 1.86 bits per heavy atom. The summed E-state index contributed by atoms with van der Waals surface area (Å²) in [5, 5.41) is 3.10. The molecule has 1 aliphatic heterocycles. The number of carbonyl (C=O) groups excluding carboxylic acids is 1. The van der Waals surface area contributed by atoms with Crippen molar-refractivity contribution in [2.45, 2.75) is 31.8 Å². The monoisotopic (exact) mass is 383 g/mol. The summed E-state index contributed by atoms with van der Waals surface area (Å²) in [5.41, 5.74) is 6.41. The predicted molar refractivity (Wildman–Crippen MR) is 115 cm³/mol. The van der Waals surface area contributed by atoms with E-state index in [1.54, 1.807) is 6.20 Å². The van der Waals surface area contributed by atoms with Crippen LogP contribution in [0.5, 0.6) is 0 Å². The van der Waals surface area contributed by atoms with Crippen LogP contribution in [-0.4, -0.2) is 17.4 Å². The summed E-state index contributed by atoms with van der Waals surface area (Å²) < 4.78 is 0. The number of benzene rings is 2. The molecule has 4 heteroatoms. The Labute approximate surface area is 171 Å². The number of pyridine rings is 1. The maximum atomic E-state index is 12.4. The zero-order valence-electron chi connectivity index (χ0n) is 16.4. The number of fused-ring (bicyclic) bond motifs is 1. The van der Waals surface area contributed by atoms with Gasteiger partial charge >= 0.3 is 0 Å². The van der Waals surface area contributed by atoms with E-state index in [-0.39, 0.29) is 11.8 Å².